The summed E-state index contributed by atoms with van der Waals surface area (Å²) in [5, 5.41) is 6.04. The molecule has 0 spiro atoms. The molecule has 0 aliphatic carbocycles. The van der Waals surface area contributed by atoms with E-state index in [0.717, 1.165) is 18.8 Å². The van der Waals surface area contributed by atoms with E-state index in [0.29, 0.717) is 6.54 Å². The zero-order valence-corrected chi connectivity index (χ0v) is 12.1. The van der Waals surface area contributed by atoms with Crippen molar-refractivity contribution in [3.8, 4) is 0 Å². The summed E-state index contributed by atoms with van der Waals surface area (Å²) in [7, 11) is 0. The standard InChI is InChI=1S/C13H24N4O2/c1-10(9-17-12(18)19-13(2,3)4)14-6-5-11-15-7-8-16-11/h7-8,10,14H,5-6,9H2,1-4H3,(H,15,16)(H,17,18). The van der Waals surface area contributed by atoms with Crippen molar-refractivity contribution in [1.82, 2.24) is 20.6 Å². The Balaban J connectivity index is 2.10. The molecular formula is C13H24N4O2. The summed E-state index contributed by atoms with van der Waals surface area (Å²) in [6.45, 7) is 8.89. The molecule has 108 valence electrons. The quantitative estimate of drug-likeness (QED) is 0.729. The van der Waals surface area contributed by atoms with Gasteiger partial charge >= 0.3 is 6.09 Å². The number of aromatic amines is 1. The van der Waals surface area contributed by atoms with Gasteiger partial charge in [0, 0.05) is 37.9 Å². The molecule has 1 rings (SSSR count). The van der Waals surface area contributed by atoms with E-state index in [9.17, 15) is 4.79 Å². The first-order chi connectivity index (χ1) is 8.87. The highest BCUT2D eigenvalue weighted by Crippen LogP contribution is 2.06. The van der Waals surface area contributed by atoms with Crippen LogP contribution in [-0.4, -0.2) is 40.8 Å². The number of aromatic nitrogens is 2. The van der Waals surface area contributed by atoms with Gasteiger partial charge < -0.3 is 20.4 Å². The van der Waals surface area contributed by atoms with E-state index in [1.54, 1.807) is 6.20 Å². The number of ether oxygens (including phenoxy) is 1. The summed E-state index contributed by atoms with van der Waals surface area (Å²) >= 11 is 0. The van der Waals surface area contributed by atoms with Crippen LogP contribution in [0.5, 0.6) is 0 Å². The van der Waals surface area contributed by atoms with Gasteiger partial charge in [-0.3, -0.25) is 0 Å². The lowest BCUT2D eigenvalue weighted by molar-refractivity contribution is 0.0523. The average Bonchev–Trinajstić information content (AvgIpc) is 2.77. The summed E-state index contributed by atoms with van der Waals surface area (Å²) in [5.41, 5.74) is -0.458. The third-order valence-electron chi connectivity index (χ3n) is 2.36. The molecule has 0 aliphatic rings. The Kier molecular flexibility index (Phi) is 5.82. The van der Waals surface area contributed by atoms with Crippen LogP contribution in [-0.2, 0) is 11.2 Å². The van der Waals surface area contributed by atoms with Gasteiger partial charge in [-0.1, -0.05) is 0 Å². The fourth-order valence-electron chi connectivity index (χ4n) is 1.49. The Labute approximate surface area is 114 Å². The number of nitrogens with one attached hydrogen (secondary N) is 3. The predicted octanol–water partition coefficient (Wildman–Crippen LogP) is 1.45. The number of carbonyl (C=O) groups is 1. The van der Waals surface area contributed by atoms with E-state index in [1.165, 1.54) is 0 Å². The lowest BCUT2D eigenvalue weighted by Gasteiger charge is -2.21. The Hall–Kier alpha value is -1.56. The molecule has 1 amide bonds. The molecule has 3 N–H and O–H groups in total. The number of hydrogen-bond donors (Lipinski definition) is 3. The highest BCUT2D eigenvalue weighted by Gasteiger charge is 2.16. The first-order valence-electron chi connectivity index (χ1n) is 6.55. The number of imidazole rings is 1. The zero-order chi connectivity index (χ0) is 14.3. The van der Waals surface area contributed by atoms with Crippen LogP contribution in [0.25, 0.3) is 0 Å². The molecule has 1 aromatic rings. The molecule has 1 unspecified atom stereocenters. The molecule has 0 saturated heterocycles. The van der Waals surface area contributed by atoms with E-state index in [1.807, 2.05) is 33.9 Å². The Morgan fingerprint density at radius 2 is 2.26 bits per heavy atom. The maximum Gasteiger partial charge on any atom is 0.407 e. The predicted molar refractivity (Wildman–Crippen MR) is 74.0 cm³/mol. The van der Waals surface area contributed by atoms with E-state index in [2.05, 4.69) is 20.6 Å². The molecule has 0 radical (unpaired) electrons. The molecule has 0 fully saturated rings. The van der Waals surface area contributed by atoms with Crippen LogP contribution in [0, 0.1) is 0 Å². The van der Waals surface area contributed by atoms with Crippen LogP contribution in [0.3, 0.4) is 0 Å². The van der Waals surface area contributed by atoms with Gasteiger partial charge in [-0.25, -0.2) is 9.78 Å². The maximum atomic E-state index is 11.4. The average molecular weight is 268 g/mol. The molecule has 1 heterocycles. The van der Waals surface area contributed by atoms with Gasteiger partial charge in [0.05, 0.1) is 0 Å². The van der Waals surface area contributed by atoms with Crippen molar-refractivity contribution in [3.63, 3.8) is 0 Å². The molecule has 0 bridgehead atoms. The minimum Gasteiger partial charge on any atom is -0.444 e. The van der Waals surface area contributed by atoms with Crippen LogP contribution in [0.2, 0.25) is 0 Å². The first-order valence-corrected chi connectivity index (χ1v) is 6.55. The number of H-pyrrole nitrogens is 1. The number of nitrogens with zero attached hydrogens (tertiary/aromatic N) is 1. The van der Waals surface area contributed by atoms with E-state index < -0.39 is 5.60 Å². The van der Waals surface area contributed by atoms with Gasteiger partial charge in [-0.05, 0) is 27.7 Å². The highest BCUT2D eigenvalue weighted by atomic mass is 16.6. The molecule has 1 aromatic heterocycles. The van der Waals surface area contributed by atoms with Crippen LogP contribution in [0.1, 0.15) is 33.5 Å². The van der Waals surface area contributed by atoms with Crippen molar-refractivity contribution >= 4 is 6.09 Å². The molecule has 0 aromatic carbocycles. The zero-order valence-electron chi connectivity index (χ0n) is 12.1. The molecule has 6 heteroatoms. The van der Waals surface area contributed by atoms with Crippen LogP contribution in [0.15, 0.2) is 12.4 Å². The number of hydrogen-bond acceptors (Lipinski definition) is 4. The van der Waals surface area contributed by atoms with Gasteiger partial charge in [0.25, 0.3) is 0 Å². The minimum absolute atomic E-state index is 0.183. The largest absolute Gasteiger partial charge is 0.444 e. The van der Waals surface area contributed by atoms with Crippen LogP contribution in [0.4, 0.5) is 4.79 Å². The molecular weight excluding hydrogens is 244 g/mol. The molecule has 0 aliphatic heterocycles. The lowest BCUT2D eigenvalue weighted by atomic mass is 10.2. The van der Waals surface area contributed by atoms with E-state index >= 15 is 0 Å². The number of alkyl carbamates (subject to hydrolysis) is 1. The Morgan fingerprint density at radius 1 is 1.53 bits per heavy atom. The van der Waals surface area contributed by atoms with E-state index in [4.69, 9.17) is 4.74 Å². The third-order valence-corrected chi connectivity index (χ3v) is 2.36. The second kappa shape index (κ2) is 7.13. The second-order valence-corrected chi connectivity index (χ2v) is 5.52. The van der Waals surface area contributed by atoms with Crippen molar-refractivity contribution in [3.05, 3.63) is 18.2 Å². The molecule has 1 atom stereocenters. The summed E-state index contributed by atoms with van der Waals surface area (Å²) in [6.07, 6.45) is 4.00. The third kappa shape index (κ3) is 7.46. The molecule has 19 heavy (non-hydrogen) atoms. The fourth-order valence-corrected chi connectivity index (χ4v) is 1.49. The minimum atomic E-state index is -0.458. The van der Waals surface area contributed by atoms with Gasteiger partial charge in [0.2, 0.25) is 0 Å². The maximum absolute atomic E-state index is 11.4. The van der Waals surface area contributed by atoms with Crippen molar-refractivity contribution in [2.75, 3.05) is 13.1 Å². The van der Waals surface area contributed by atoms with Crippen molar-refractivity contribution < 1.29 is 9.53 Å². The van der Waals surface area contributed by atoms with Crippen LogP contribution < -0.4 is 10.6 Å². The summed E-state index contributed by atoms with van der Waals surface area (Å²) < 4.78 is 5.16. The van der Waals surface area contributed by atoms with Crippen molar-refractivity contribution in [2.45, 2.75) is 45.8 Å². The first kappa shape index (κ1) is 15.5. The summed E-state index contributed by atoms with van der Waals surface area (Å²) in [5.74, 6) is 0.958. The summed E-state index contributed by atoms with van der Waals surface area (Å²) in [6, 6.07) is 0.183. The fraction of sp³-hybridized carbons (Fsp3) is 0.692. The van der Waals surface area contributed by atoms with Gasteiger partial charge in [0.1, 0.15) is 11.4 Å². The smallest absolute Gasteiger partial charge is 0.407 e. The second-order valence-electron chi connectivity index (χ2n) is 5.52. The summed E-state index contributed by atoms with van der Waals surface area (Å²) in [4.78, 5) is 18.6. The topological polar surface area (TPSA) is 79.0 Å². The lowest BCUT2D eigenvalue weighted by Crippen LogP contribution is -2.41. The highest BCUT2D eigenvalue weighted by molar-refractivity contribution is 5.67. The van der Waals surface area contributed by atoms with Crippen molar-refractivity contribution in [2.24, 2.45) is 0 Å². The monoisotopic (exact) mass is 268 g/mol. The number of amides is 1. The van der Waals surface area contributed by atoms with Gasteiger partial charge in [-0.2, -0.15) is 0 Å². The number of rotatable bonds is 6. The van der Waals surface area contributed by atoms with Crippen LogP contribution >= 0.6 is 0 Å². The SMILES string of the molecule is CC(CNC(=O)OC(C)(C)C)NCCc1ncc[nH]1. The Morgan fingerprint density at radius 3 is 2.84 bits per heavy atom. The van der Waals surface area contributed by atoms with Gasteiger partial charge in [0.15, 0.2) is 0 Å². The molecule has 0 saturated carbocycles. The normalized spacial score (nSPS) is 13.1. The van der Waals surface area contributed by atoms with E-state index in [-0.39, 0.29) is 12.1 Å². The van der Waals surface area contributed by atoms with Gasteiger partial charge in [-0.15, -0.1) is 0 Å². The molecule has 6 nitrogen and oxygen atoms in total. The Bertz CT molecular complexity index is 370. The van der Waals surface area contributed by atoms with Crippen molar-refractivity contribution in [1.29, 1.82) is 0 Å². The number of carbonyl (C=O) groups excluding carboxylic acids is 1.